The van der Waals surface area contributed by atoms with Crippen molar-refractivity contribution in [2.75, 3.05) is 26.9 Å². The second-order valence-electron chi connectivity index (χ2n) is 6.48. The monoisotopic (exact) mass is 446 g/mol. The maximum Gasteiger partial charge on any atom is 0.279 e. The molecule has 0 aliphatic carbocycles. The number of carbonyl (C=O) groups excluding carboxylic acids is 2. The summed E-state index contributed by atoms with van der Waals surface area (Å²) < 4.78 is 27.5. The van der Waals surface area contributed by atoms with Gasteiger partial charge in [-0.3, -0.25) is 20.4 Å². The fourth-order valence-corrected chi connectivity index (χ4v) is 2.72. The van der Waals surface area contributed by atoms with Gasteiger partial charge in [0.05, 0.1) is 26.9 Å². The fraction of sp³-hybridized carbons (Fsp3) is 0.391. The van der Waals surface area contributed by atoms with E-state index in [2.05, 4.69) is 10.9 Å². The minimum Gasteiger partial charge on any atom is -0.497 e. The molecule has 2 aromatic rings. The number of carbonyl (C=O) groups is 2. The Labute approximate surface area is 187 Å². The van der Waals surface area contributed by atoms with Gasteiger partial charge < -0.3 is 23.7 Å². The zero-order valence-electron chi connectivity index (χ0n) is 19.0. The Bertz CT molecular complexity index is 873. The van der Waals surface area contributed by atoms with Crippen molar-refractivity contribution in [3.63, 3.8) is 0 Å². The van der Waals surface area contributed by atoms with Crippen LogP contribution in [0, 0.1) is 0 Å². The molecule has 0 spiro atoms. The van der Waals surface area contributed by atoms with Gasteiger partial charge in [-0.25, -0.2) is 0 Å². The number of nitrogens with one attached hydrogen (secondary N) is 2. The van der Waals surface area contributed by atoms with Crippen LogP contribution in [-0.4, -0.2) is 44.8 Å². The van der Waals surface area contributed by atoms with E-state index in [0.29, 0.717) is 48.6 Å². The Morgan fingerprint density at radius 2 is 1.38 bits per heavy atom. The summed E-state index contributed by atoms with van der Waals surface area (Å²) in [5.41, 5.74) is 4.99. The number of ether oxygens (including phenoxy) is 5. The van der Waals surface area contributed by atoms with Crippen LogP contribution >= 0.6 is 0 Å². The summed E-state index contributed by atoms with van der Waals surface area (Å²) in [4.78, 5) is 25.0. The normalized spacial score (nSPS) is 11.2. The molecule has 2 aromatic carbocycles. The third-order valence-corrected chi connectivity index (χ3v) is 4.21. The summed E-state index contributed by atoms with van der Waals surface area (Å²) in [6, 6.07) is 9.89. The highest BCUT2D eigenvalue weighted by atomic mass is 16.5. The molecule has 2 amide bonds. The van der Waals surface area contributed by atoms with Gasteiger partial charge in [0.2, 0.25) is 5.75 Å². The molecule has 32 heavy (non-hydrogen) atoms. The Morgan fingerprint density at radius 1 is 0.844 bits per heavy atom. The predicted octanol–water partition coefficient (Wildman–Crippen LogP) is 3.12. The topological polar surface area (TPSA) is 104 Å². The molecule has 2 N–H and O–H groups in total. The molecule has 2 rings (SSSR count). The van der Waals surface area contributed by atoms with Crippen molar-refractivity contribution < 1.29 is 33.3 Å². The SMILES string of the molecule is CCOc1cc(C(=O)NNC(=O)C(C)Oc2ccc(OC)cc2)cc(OCC)c1OCC. The van der Waals surface area contributed by atoms with Gasteiger partial charge in [-0.2, -0.15) is 0 Å². The van der Waals surface area contributed by atoms with E-state index in [1.807, 2.05) is 20.8 Å². The first-order valence-corrected chi connectivity index (χ1v) is 10.4. The summed E-state index contributed by atoms with van der Waals surface area (Å²) in [6.45, 7) is 8.25. The molecular weight excluding hydrogens is 416 g/mol. The van der Waals surface area contributed by atoms with Crippen molar-refractivity contribution in [1.29, 1.82) is 0 Å². The second kappa shape index (κ2) is 12.3. The number of hydrazine groups is 1. The van der Waals surface area contributed by atoms with E-state index in [0.717, 1.165) is 0 Å². The lowest BCUT2D eigenvalue weighted by atomic mass is 10.1. The van der Waals surface area contributed by atoms with Crippen LogP contribution in [0.4, 0.5) is 0 Å². The fourth-order valence-electron chi connectivity index (χ4n) is 2.72. The standard InChI is InChI=1S/C23H30N2O7/c1-6-29-19-13-16(14-20(30-7-2)21(19)31-8-3)23(27)25-24-22(26)15(4)32-18-11-9-17(28-5)10-12-18/h9-15H,6-8H2,1-5H3,(H,24,26)(H,25,27). The molecule has 0 saturated carbocycles. The van der Waals surface area contributed by atoms with E-state index in [-0.39, 0.29) is 5.56 Å². The van der Waals surface area contributed by atoms with Gasteiger partial charge in [-0.1, -0.05) is 0 Å². The van der Waals surface area contributed by atoms with Crippen LogP contribution in [0.5, 0.6) is 28.7 Å². The summed E-state index contributed by atoms with van der Waals surface area (Å²) in [5.74, 6) is 1.30. The lowest BCUT2D eigenvalue weighted by Gasteiger charge is -2.18. The molecule has 0 fully saturated rings. The molecule has 0 aromatic heterocycles. The van der Waals surface area contributed by atoms with E-state index in [4.69, 9.17) is 23.7 Å². The molecule has 1 atom stereocenters. The molecule has 0 saturated heterocycles. The molecular formula is C23H30N2O7. The Hall–Kier alpha value is -3.62. The zero-order valence-corrected chi connectivity index (χ0v) is 19.0. The lowest BCUT2D eigenvalue weighted by Crippen LogP contribution is -2.47. The lowest BCUT2D eigenvalue weighted by molar-refractivity contribution is -0.128. The van der Waals surface area contributed by atoms with Gasteiger partial charge in [0, 0.05) is 5.56 Å². The van der Waals surface area contributed by atoms with Crippen molar-refractivity contribution in [3.05, 3.63) is 42.0 Å². The predicted molar refractivity (Wildman–Crippen MR) is 119 cm³/mol. The van der Waals surface area contributed by atoms with E-state index < -0.39 is 17.9 Å². The summed E-state index contributed by atoms with van der Waals surface area (Å²) in [5, 5.41) is 0. The van der Waals surface area contributed by atoms with Crippen molar-refractivity contribution in [2.45, 2.75) is 33.8 Å². The van der Waals surface area contributed by atoms with Gasteiger partial charge in [-0.05, 0) is 64.1 Å². The zero-order chi connectivity index (χ0) is 23.5. The number of hydrogen-bond donors (Lipinski definition) is 2. The van der Waals surface area contributed by atoms with E-state index in [1.165, 1.54) is 12.1 Å². The maximum absolute atomic E-state index is 12.7. The highest BCUT2D eigenvalue weighted by Gasteiger charge is 2.20. The average molecular weight is 447 g/mol. The first-order valence-electron chi connectivity index (χ1n) is 10.4. The molecule has 0 bridgehead atoms. The van der Waals surface area contributed by atoms with Gasteiger partial charge in [-0.15, -0.1) is 0 Å². The van der Waals surface area contributed by atoms with Gasteiger partial charge in [0.1, 0.15) is 11.5 Å². The van der Waals surface area contributed by atoms with Crippen LogP contribution in [0.25, 0.3) is 0 Å². The molecule has 0 heterocycles. The van der Waals surface area contributed by atoms with Crippen molar-refractivity contribution >= 4 is 11.8 Å². The first-order chi connectivity index (χ1) is 15.4. The second-order valence-corrected chi connectivity index (χ2v) is 6.48. The molecule has 0 radical (unpaired) electrons. The van der Waals surface area contributed by atoms with Crippen LogP contribution in [0.15, 0.2) is 36.4 Å². The molecule has 0 aliphatic heterocycles. The van der Waals surface area contributed by atoms with E-state index in [1.54, 1.807) is 38.3 Å². The summed E-state index contributed by atoms with van der Waals surface area (Å²) in [7, 11) is 1.56. The van der Waals surface area contributed by atoms with Crippen molar-refractivity contribution in [1.82, 2.24) is 10.9 Å². The maximum atomic E-state index is 12.7. The van der Waals surface area contributed by atoms with Crippen molar-refractivity contribution in [3.8, 4) is 28.7 Å². The minimum atomic E-state index is -0.845. The molecule has 9 nitrogen and oxygen atoms in total. The highest BCUT2D eigenvalue weighted by molar-refractivity contribution is 5.97. The first kappa shape index (κ1) is 24.6. The third kappa shape index (κ3) is 6.69. The number of methoxy groups -OCH3 is 1. The average Bonchev–Trinajstić information content (AvgIpc) is 2.79. The smallest absolute Gasteiger partial charge is 0.279 e. The Kier molecular flexibility index (Phi) is 9.46. The number of hydrogen-bond acceptors (Lipinski definition) is 7. The van der Waals surface area contributed by atoms with Crippen LogP contribution in [0.2, 0.25) is 0 Å². The molecule has 9 heteroatoms. The third-order valence-electron chi connectivity index (χ3n) is 4.21. The van der Waals surface area contributed by atoms with Crippen LogP contribution in [0.3, 0.4) is 0 Å². The van der Waals surface area contributed by atoms with E-state index in [9.17, 15) is 9.59 Å². The molecule has 1 unspecified atom stereocenters. The summed E-state index contributed by atoms with van der Waals surface area (Å²) in [6.07, 6.45) is -0.845. The Morgan fingerprint density at radius 3 is 1.88 bits per heavy atom. The highest BCUT2D eigenvalue weighted by Crippen LogP contribution is 2.39. The number of rotatable bonds is 11. The summed E-state index contributed by atoms with van der Waals surface area (Å²) >= 11 is 0. The van der Waals surface area contributed by atoms with Gasteiger partial charge in [0.25, 0.3) is 11.8 Å². The quantitative estimate of drug-likeness (QED) is 0.511. The van der Waals surface area contributed by atoms with Gasteiger partial charge >= 0.3 is 0 Å². The minimum absolute atomic E-state index is 0.240. The van der Waals surface area contributed by atoms with Gasteiger partial charge in [0.15, 0.2) is 17.6 Å². The van der Waals surface area contributed by atoms with Crippen LogP contribution < -0.4 is 34.5 Å². The number of amides is 2. The van der Waals surface area contributed by atoms with Crippen molar-refractivity contribution in [2.24, 2.45) is 0 Å². The molecule has 174 valence electrons. The number of benzene rings is 2. The molecule has 0 aliphatic rings. The Balaban J connectivity index is 2.06. The van der Waals surface area contributed by atoms with E-state index >= 15 is 0 Å². The van der Waals surface area contributed by atoms with Crippen LogP contribution in [0.1, 0.15) is 38.1 Å². The van der Waals surface area contributed by atoms with Crippen LogP contribution in [-0.2, 0) is 4.79 Å². The largest absolute Gasteiger partial charge is 0.497 e.